The van der Waals surface area contributed by atoms with Crippen LogP contribution in [0.1, 0.15) is 22.8 Å². The summed E-state index contributed by atoms with van der Waals surface area (Å²) in [5, 5.41) is 2.35. The predicted octanol–water partition coefficient (Wildman–Crippen LogP) is 3.75. The number of nitrogens with zero attached hydrogens (tertiary/aromatic N) is 1. The highest BCUT2D eigenvalue weighted by molar-refractivity contribution is 6.04. The molecule has 1 aromatic heterocycles. The van der Waals surface area contributed by atoms with Crippen molar-refractivity contribution in [2.45, 2.75) is 13.1 Å². The van der Waals surface area contributed by atoms with Gasteiger partial charge in [0.05, 0.1) is 6.61 Å². The Bertz CT molecular complexity index is 658. The van der Waals surface area contributed by atoms with Crippen LogP contribution in [0.5, 0.6) is 5.75 Å². The van der Waals surface area contributed by atoms with Crippen molar-refractivity contribution in [1.82, 2.24) is 4.98 Å². The summed E-state index contributed by atoms with van der Waals surface area (Å²) in [5.74, 6) is -1.30. The van der Waals surface area contributed by atoms with E-state index in [1.807, 2.05) is 0 Å². The van der Waals surface area contributed by atoms with Gasteiger partial charge in [-0.05, 0) is 25.1 Å². The highest BCUT2D eigenvalue weighted by Gasteiger charge is 2.36. The Morgan fingerprint density at radius 3 is 2.50 bits per heavy atom. The molecule has 4 nitrogen and oxygen atoms in total. The van der Waals surface area contributed by atoms with Gasteiger partial charge in [-0.1, -0.05) is 18.2 Å². The Morgan fingerprint density at radius 2 is 1.91 bits per heavy atom. The van der Waals surface area contributed by atoms with Crippen molar-refractivity contribution in [3.63, 3.8) is 0 Å². The molecule has 7 heteroatoms. The van der Waals surface area contributed by atoms with Gasteiger partial charge in [0.2, 0.25) is 0 Å². The Morgan fingerprint density at radius 1 is 1.23 bits per heavy atom. The molecular formula is C15H13F3N2O2. The van der Waals surface area contributed by atoms with E-state index in [1.54, 1.807) is 37.3 Å². The third-order valence-electron chi connectivity index (χ3n) is 2.77. The monoisotopic (exact) mass is 310 g/mol. The number of hydrogen-bond donors (Lipinski definition) is 1. The molecule has 0 aliphatic rings. The van der Waals surface area contributed by atoms with Crippen molar-refractivity contribution >= 4 is 11.7 Å². The highest BCUT2D eigenvalue weighted by atomic mass is 19.4. The molecule has 22 heavy (non-hydrogen) atoms. The van der Waals surface area contributed by atoms with Crippen molar-refractivity contribution < 1.29 is 22.7 Å². The minimum atomic E-state index is -4.60. The molecule has 0 fully saturated rings. The van der Waals surface area contributed by atoms with Gasteiger partial charge in [-0.3, -0.25) is 4.79 Å². The van der Waals surface area contributed by atoms with Gasteiger partial charge in [-0.2, -0.15) is 13.2 Å². The lowest BCUT2D eigenvalue weighted by Gasteiger charge is -2.16. The first kappa shape index (κ1) is 15.8. The number of ether oxygens (including phenoxy) is 1. The average molecular weight is 310 g/mol. The van der Waals surface area contributed by atoms with Crippen molar-refractivity contribution in [3.05, 3.63) is 53.7 Å². The molecule has 0 unspecified atom stereocenters. The molecule has 0 aliphatic heterocycles. The molecule has 1 N–H and O–H groups in total. The summed E-state index contributed by atoms with van der Waals surface area (Å²) in [6, 6.07) is 8.93. The Kier molecular flexibility index (Phi) is 4.65. The van der Waals surface area contributed by atoms with Crippen LogP contribution in [0.2, 0.25) is 0 Å². The molecule has 116 valence electrons. The largest absolute Gasteiger partial charge is 0.489 e. The number of rotatable bonds is 4. The van der Waals surface area contributed by atoms with Gasteiger partial charge in [0.1, 0.15) is 5.56 Å². The van der Waals surface area contributed by atoms with Gasteiger partial charge < -0.3 is 10.1 Å². The van der Waals surface area contributed by atoms with E-state index in [4.69, 9.17) is 4.74 Å². The van der Waals surface area contributed by atoms with E-state index in [-0.39, 0.29) is 12.4 Å². The molecule has 0 bridgehead atoms. The lowest BCUT2D eigenvalue weighted by atomic mass is 10.2. The lowest BCUT2D eigenvalue weighted by Crippen LogP contribution is -2.17. The maximum atomic E-state index is 13.0. The third-order valence-corrected chi connectivity index (χ3v) is 2.77. The zero-order valence-corrected chi connectivity index (χ0v) is 11.6. The van der Waals surface area contributed by atoms with Gasteiger partial charge in [-0.15, -0.1) is 0 Å². The number of aromatic nitrogens is 1. The van der Waals surface area contributed by atoms with Crippen LogP contribution >= 0.6 is 0 Å². The maximum Gasteiger partial charge on any atom is 0.420 e. The number of benzene rings is 1. The quantitative estimate of drug-likeness (QED) is 0.935. The van der Waals surface area contributed by atoms with E-state index < -0.39 is 23.4 Å². The fourth-order valence-electron chi connectivity index (χ4n) is 1.82. The number of halogens is 3. The van der Waals surface area contributed by atoms with Crippen molar-refractivity contribution in [1.29, 1.82) is 0 Å². The van der Waals surface area contributed by atoms with Crippen molar-refractivity contribution in [2.24, 2.45) is 0 Å². The fraction of sp³-hybridized carbons (Fsp3) is 0.200. The van der Waals surface area contributed by atoms with E-state index >= 15 is 0 Å². The zero-order chi connectivity index (χ0) is 16.2. The highest BCUT2D eigenvalue weighted by Crippen LogP contribution is 2.39. The first-order valence-electron chi connectivity index (χ1n) is 6.49. The smallest absolute Gasteiger partial charge is 0.420 e. The van der Waals surface area contributed by atoms with Crippen molar-refractivity contribution in [2.75, 3.05) is 11.9 Å². The van der Waals surface area contributed by atoms with Gasteiger partial charge >= 0.3 is 6.18 Å². The van der Waals surface area contributed by atoms with Crippen LogP contribution < -0.4 is 10.1 Å². The number of alkyl halides is 3. The van der Waals surface area contributed by atoms with Crippen LogP contribution in [-0.4, -0.2) is 17.5 Å². The topological polar surface area (TPSA) is 51.2 Å². The van der Waals surface area contributed by atoms with E-state index in [1.165, 1.54) is 0 Å². The summed E-state index contributed by atoms with van der Waals surface area (Å²) in [6.45, 7) is 1.57. The maximum absolute atomic E-state index is 13.0. The van der Waals surface area contributed by atoms with Gasteiger partial charge in [0.15, 0.2) is 11.6 Å². The SMILES string of the molecule is CCOc1c(C(F)(F)F)ccnc1NC(=O)c1ccccc1. The second-order valence-corrected chi connectivity index (χ2v) is 4.29. The molecule has 1 heterocycles. The molecule has 0 spiro atoms. The summed E-state index contributed by atoms with van der Waals surface area (Å²) >= 11 is 0. The standard InChI is InChI=1S/C15H13F3N2O2/c1-2-22-12-11(15(16,17)18)8-9-19-13(12)20-14(21)10-6-4-3-5-7-10/h3-9H,2H2,1H3,(H,19,20,21). The second kappa shape index (κ2) is 6.46. The van der Waals surface area contributed by atoms with Crippen LogP contribution in [-0.2, 0) is 6.18 Å². The third kappa shape index (κ3) is 3.55. The van der Waals surface area contributed by atoms with Crippen LogP contribution in [0.15, 0.2) is 42.6 Å². The van der Waals surface area contributed by atoms with Gasteiger partial charge in [0.25, 0.3) is 5.91 Å². The number of nitrogens with one attached hydrogen (secondary N) is 1. The summed E-state index contributed by atoms with van der Waals surface area (Å²) in [7, 11) is 0. The van der Waals surface area contributed by atoms with E-state index in [0.29, 0.717) is 5.56 Å². The van der Waals surface area contributed by atoms with Crippen LogP contribution in [0.4, 0.5) is 19.0 Å². The van der Waals surface area contributed by atoms with Gasteiger partial charge in [0, 0.05) is 11.8 Å². The average Bonchev–Trinajstić information content (AvgIpc) is 2.49. The van der Waals surface area contributed by atoms with E-state index in [2.05, 4.69) is 10.3 Å². The second-order valence-electron chi connectivity index (χ2n) is 4.29. The summed E-state index contributed by atoms with van der Waals surface area (Å²) in [5.41, 5.74) is -0.670. The number of pyridine rings is 1. The number of carbonyl (C=O) groups is 1. The molecule has 0 radical (unpaired) electrons. The fourth-order valence-corrected chi connectivity index (χ4v) is 1.82. The Balaban J connectivity index is 2.37. The molecule has 0 atom stereocenters. The molecule has 0 aliphatic carbocycles. The van der Waals surface area contributed by atoms with Crippen LogP contribution in [0, 0.1) is 0 Å². The molecule has 2 aromatic rings. The molecule has 0 saturated carbocycles. The summed E-state index contributed by atoms with van der Waals surface area (Å²) in [6.07, 6.45) is -3.62. The van der Waals surface area contributed by atoms with Crippen molar-refractivity contribution in [3.8, 4) is 5.75 Å². The number of anilines is 1. The molecule has 0 saturated heterocycles. The lowest BCUT2D eigenvalue weighted by molar-refractivity contribution is -0.138. The predicted molar refractivity (Wildman–Crippen MR) is 74.8 cm³/mol. The summed E-state index contributed by atoms with van der Waals surface area (Å²) < 4.78 is 44.0. The molecular weight excluding hydrogens is 297 g/mol. The molecule has 1 aromatic carbocycles. The Hall–Kier alpha value is -2.57. The minimum Gasteiger partial charge on any atom is -0.489 e. The number of amides is 1. The number of hydrogen-bond acceptors (Lipinski definition) is 3. The minimum absolute atomic E-state index is 0.0168. The van der Waals surface area contributed by atoms with E-state index in [9.17, 15) is 18.0 Å². The molecule has 1 amide bonds. The summed E-state index contributed by atoms with van der Waals surface area (Å²) in [4.78, 5) is 15.8. The molecule has 2 rings (SSSR count). The van der Waals surface area contributed by atoms with Crippen LogP contribution in [0.3, 0.4) is 0 Å². The first-order chi connectivity index (χ1) is 10.4. The first-order valence-corrected chi connectivity index (χ1v) is 6.49. The zero-order valence-electron chi connectivity index (χ0n) is 11.6. The Labute approximate surface area is 124 Å². The van der Waals surface area contributed by atoms with E-state index in [0.717, 1.165) is 12.3 Å². The van der Waals surface area contributed by atoms with Crippen LogP contribution in [0.25, 0.3) is 0 Å². The normalized spacial score (nSPS) is 11.1. The van der Waals surface area contributed by atoms with Gasteiger partial charge in [-0.25, -0.2) is 4.98 Å². The number of carbonyl (C=O) groups excluding carboxylic acids is 1.